The topological polar surface area (TPSA) is 92.2 Å². The van der Waals surface area contributed by atoms with Crippen molar-refractivity contribution in [2.45, 2.75) is 208 Å². The molecule has 4 atom stereocenters. The molecule has 7 aromatic rings. The van der Waals surface area contributed by atoms with Crippen LogP contribution in [0.3, 0.4) is 0 Å². The van der Waals surface area contributed by atoms with E-state index in [-0.39, 0.29) is 22.6 Å². The minimum Gasteiger partial charge on any atom is -0.293 e. The second-order valence-electron chi connectivity index (χ2n) is 25.5. The smallest absolute Gasteiger partial charge is 0.266 e. The van der Waals surface area contributed by atoms with Crippen molar-refractivity contribution in [3.8, 4) is 41.8 Å². The van der Waals surface area contributed by atoms with Gasteiger partial charge in [-0.25, -0.2) is 0 Å². The molecule has 6 heterocycles. The van der Waals surface area contributed by atoms with Crippen LogP contribution in [0.4, 0.5) is 0 Å². The van der Waals surface area contributed by atoms with Crippen LogP contribution in [-0.4, -0.2) is 60.8 Å². The summed E-state index contributed by atoms with van der Waals surface area (Å²) in [5.74, 6) is 2.21. The van der Waals surface area contributed by atoms with E-state index < -0.39 is 0 Å². The number of thioether (sulfide) groups is 2. The van der Waals surface area contributed by atoms with E-state index in [4.69, 9.17) is 41.9 Å². The third kappa shape index (κ3) is 12.2. The number of carbonyl (C=O) groups excluding carboxylic acids is 2. The minimum absolute atomic E-state index is 0.0399. The second-order valence-corrected chi connectivity index (χ2v) is 32.0. The number of nitrogens with zero attached hydrogens (tertiary/aromatic N) is 6. The average Bonchev–Trinajstić information content (AvgIpc) is 1.52. The number of rotatable bonds is 30. The summed E-state index contributed by atoms with van der Waals surface area (Å²) in [6, 6.07) is 19.7. The lowest BCUT2D eigenvalue weighted by molar-refractivity contribution is -0.122. The van der Waals surface area contributed by atoms with Gasteiger partial charge in [0.2, 0.25) is 0 Å². The van der Waals surface area contributed by atoms with Crippen molar-refractivity contribution in [2.75, 3.05) is 13.1 Å². The van der Waals surface area contributed by atoms with Crippen LogP contribution in [0, 0.1) is 23.7 Å². The summed E-state index contributed by atoms with van der Waals surface area (Å²) >= 11 is 20.5. The summed E-state index contributed by atoms with van der Waals surface area (Å²) in [7, 11) is 0. The number of amides is 2. The Bertz CT molecular complexity index is 3520. The average molecular weight is 1330 g/mol. The number of carbonyl (C=O) groups is 2. The number of aromatic nitrogens is 4. The van der Waals surface area contributed by atoms with Crippen molar-refractivity contribution in [3.05, 3.63) is 91.7 Å². The van der Waals surface area contributed by atoms with E-state index in [0.29, 0.717) is 55.2 Å². The number of fused-ring (bicyclic) bond motifs is 8. The maximum Gasteiger partial charge on any atom is 0.266 e. The summed E-state index contributed by atoms with van der Waals surface area (Å²) in [5.41, 5.74) is 16.2. The molecule has 11 rings (SSSR count). The van der Waals surface area contributed by atoms with Gasteiger partial charge in [-0.15, -0.1) is 22.7 Å². The van der Waals surface area contributed by atoms with Gasteiger partial charge in [0.1, 0.15) is 30.7 Å². The minimum atomic E-state index is -0.198. The van der Waals surface area contributed by atoms with E-state index in [2.05, 4.69) is 104 Å². The fourth-order valence-corrected chi connectivity index (χ4v) is 21.8. The van der Waals surface area contributed by atoms with Gasteiger partial charge in [0.25, 0.3) is 11.8 Å². The Hall–Kier alpha value is -4.00. The lowest BCUT2D eigenvalue weighted by Crippen LogP contribution is -2.32. The van der Waals surface area contributed by atoms with Crippen LogP contribution in [0.1, 0.15) is 231 Å². The quantitative estimate of drug-likeness (QED) is 0.0320. The van der Waals surface area contributed by atoms with Crippen molar-refractivity contribution in [1.82, 2.24) is 27.3 Å². The Kier molecular flexibility index (Phi) is 21.2. The molecule has 0 bridgehead atoms. The maximum absolute atomic E-state index is 13.5. The molecule has 0 radical (unpaired) electrons. The Morgan fingerprint density at radius 1 is 0.455 bits per heavy atom. The predicted octanol–water partition coefficient (Wildman–Crippen LogP) is 22.6. The molecule has 88 heavy (non-hydrogen) atoms. The zero-order valence-corrected chi connectivity index (χ0v) is 59.9. The van der Waals surface area contributed by atoms with Crippen molar-refractivity contribution in [2.24, 2.45) is 23.7 Å². The van der Waals surface area contributed by atoms with Crippen LogP contribution in [0.2, 0.25) is 0 Å². The zero-order chi connectivity index (χ0) is 62.0. The van der Waals surface area contributed by atoms with Crippen LogP contribution < -0.4 is 0 Å². The molecule has 2 saturated heterocycles. The maximum atomic E-state index is 13.5. The third-order valence-corrected chi connectivity index (χ3v) is 26.5. The Balaban J connectivity index is 1.15. The highest BCUT2D eigenvalue weighted by Gasteiger charge is 2.52. The Morgan fingerprint density at radius 2 is 0.795 bits per heavy atom. The largest absolute Gasteiger partial charge is 0.293 e. The molecule has 2 amide bonds. The Labute approximate surface area is 559 Å². The summed E-state index contributed by atoms with van der Waals surface area (Å²) < 4.78 is 21.3. The van der Waals surface area contributed by atoms with Crippen LogP contribution in [-0.2, 0) is 20.4 Å². The molecule has 8 nitrogen and oxygen atoms in total. The van der Waals surface area contributed by atoms with Gasteiger partial charge in [-0.3, -0.25) is 19.4 Å². The van der Waals surface area contributed by atoms with Gasteiger partial charge in [-0.2, -0.15) is 17.5 Å². The fourth-order valence-electron chi connectivity index (χ4n) is 15.2. The van der Waals surface area contributed by atoms with Crippen LogP contribution >= 0.6 is 94.1 Å². The summed E-state index contributed by atoms with van der Waals surface area (Å²) in [4.78, 5) is 37.1. The van der Waals surface area contributed by atoms with Gasteiger partial charge in [-0.1, -0.05) is 230 Å². The molecular formula is C72H88N6O2S8. The van der Waals surface area contributed by atoms with Gasteiger partial charge >= 0.3 is 0 Å². The summed E-state index contributed by atoms with van der Waals surface area (Å²) in [5, 5.41) is 0. The first-order chi connectivity index (χ1) is 42.8. The van der Waals surface area contributed by atoms with Crippen molar-refractivity contribution >= 4 is 149 Å². The predicted molar refractivity (Wildman–Crippen MR) is 390 cm³/mol. The van der Waals surface area contributed by atoms with Gasteiger partial charge in [-0.05, 0) is 133 Å². The summed E-state index contributed by atoms with van der Waals surface area (Å²) in [6.45, 7) is 24.3. The van der Waals surface area contributed by atoms with Gasteiger partial charge in [0.15, 0.2) is 0 Å². The van der Waals surface area contributed by atoms with E-state index in [0.717, 1.165) is 95.7 Å². The molecule has 0 spiro atoms. The molecular weight excluding hydrogens is 1240 g/mol. The number of unbranched alkanes of at least 4 members (excludes halogenated alkanes) is 4. The molecule has 2 fully saturated rings. The third-order valence-electron chi connectivity index (χ3n) is 20.3. The Morgan fingerprint density at radius 3 is 1.10 bits per heavy atom. The molecule has 2 aliphatic heterocycles. The first-order valence-corrected chi connectivity index (χ1v) is 38.8. The van der Waals surface area contributed by atoms with E-state index >= 15 is 0 Å². The lowest BCUT2D eigenvalue weighted by Gasteiger charge is -2.40. The van der Waals surface area contributed by atoms with Gasteiger partial charge < -0.3 is 0 Å². The van der Waals surface area contributed by atoms with E-state index in [1.807, 2.05) is 48.7 Å². The molecule has 4 unspecified atom stereocenters. The van der Waals surface area contributed by atoms with Gasteiger partial charge in [0.05, 0.1) is 33.3 Å². The standard InChI is InChI=1S/C72H88N6O2S8/c1-11-21-25-43(15-5)39-71(40-44(16-6)26-22-12-2)53-35-52-54(36-51(53)65-55(71)37-57(83-65)49-31-29-47(61-63(49)75-87-73-61)33-59-67(79)77(19-9)69(81)85-59)72(41-45(17-7)27-23-13-3,42-46(18-8)28-24-14-4)56-38-58(84-66(52)56)50-32-30-48(62-64(50)76-88-74-62)34-60-68(80)78(20-10)70(82)86-60/h29-38,43-46H,11-28,39-42H2,1-10H3. The molecule has 0 saturated carbocycles. The SMILES string of the molecule is CCCCC(CC)CC1(CC(CC)CCCC)c2cc3c(cc2-c2sc(-c4ccc(C=C5SC(=S)N(CC)C5=O)c5nsnc45)cc21)C(CC(CC)CCCC)(CC(CC)CCCC)c1cc(-c2ccc(C=C4SC(=S)N(CC)C4=O)c4nsnc24)sc1-3. The first-order valence-electron chi connectivity index (χ1n) is 33.3. The molecule has 2 aliphatic carbocycles. The molecule has 3 aromatic carbocycles. The molecule has 16 heteroatoms. The molecule has 4 aliphatic rings. The first kappa shape index (κ1) is 65.5. The van der Waals surface area contributed by atoms with Crippen LogP contribution in [0.5, 0.6) is 0 Å². The molecule has 0 N–H and O–H groups in total. The van der Waals surface area contributed by atoms with E-state index in [9.17, 15) is 9.59 Å². The number of hydrogen-bond acceptors (Lipinski definition) is 14. The summed E-state index contributed by atoms with van der Waals surface area (Å²) in [6.07, 6.45) is 27.8. The number of thiocarbonyl (C=S) groups is 2. The highest BCUT2D eigenvalue weighted by atomic mass is 32.2. The highest BCUT2D eigenvalue weighted by Crippen LogP contribution is 2.66. The second kappa shape index (κ2) is 28.5. The molecule has 466 valence electrons. The fraction of sp³-hybridized carbons (Fsp3) is 0.528. The number of benzene rings is 3. The van der Waals surface area contributed by atoms with Crippen LogP contribution in [0.25, 0.3) is 76.0 Å². The zero-order valence-electron chi connectivity index (χ0n) is 53.4. The normalized spacial score (nSPS) is 20.4. The van der Waals surface area contributed by atoms with Crippen LogP contribution in [0.15, 0.2) is 58.3 Å². The van der Waals surface area contributed by atoms with Crippen molar-refractivity contribution in [3.63, 3.8) is 0 Å². The highest BCUT2D eigenvalue weighted by molar-refractivity contribution is 8.27. The van der Waals surface area contributed by atoms with Gasteiger partial charge in [0, 0.05) is 65.7 Å². The van der Waals surface area contributed by atoms with Crippen molar-refractivity contribution in [1.29, 1.82) is 0 Å². The number of likely N-dealkylation sites (N-methyl/N-ethyl adjacent to an activating group) is 2. The number of hydrogen-bond donors (Lipinski definition) is 0. The molecule has 4 aromatic heterocycles. The van der Waals surface area contributed by atoms with E-state index in [1.54, 1.807) is 20.9 Å². The lowest BCUT2D eigenvalue weighted by atomic mass is 9.63. The number of thiophene rings is 2. The van der Waals surface area contributed by atoms with Crippen molar-refractivity contribution < 1.29 is 9.59 Å². The van der Waals surface area contributed by atoms with E-state index in [1.165, 1.54) is 166 Å². The monoisotopic (exact) mass is 1320 g/mol.